The van der Waals surface area contributed by atoms with E-state index < -0.39 is 0 Å². The number of halogens is 1. The van der Waals surface area contributed by atoms with Crippen molar-refractivity contribution in [2.75, 3.05) is 5.32 Å². The lowest BCUT2D eigenvalue weighted by Gasteiger charge is -2.13. The molecular weight excluding hydrogens is 383 g/mol. The summed E-state index contributed by atoms with van der Waals surface area (Å²) in [5.74, 6) is 0.292. The Morgan fingerprint density at radius 2 is 1.80 bits per heavy atom. The Bertz CT molecular complexity index is 1210. The topological polar surface area (TPSA) is 73.0 Å². The molecule has 30 heavy (non-hydrogen) atoms. The van der Waals surface area contributed by atoms with Crippen LogP contribution in [0.15, 0.2) is 53.1 Å². The van der Waals surface area contributed by atoms with Crippen molar-refractivity contribution in [3.8, 4) is 5.69 Å². The molecule has 2 aromatic heterocycles. The van der Waals surface area contributed by atoms with E-state index >= 15 is 0 Å². The van der Waals surface area contributed by atoms with E-state index in [0.717, 1.165) is 5.69 Å². The van der Waals surface area contributed by atoms with E-state index in [1.54, 1.807) is 41.2 Å². The third-order valence-electron chi connectivity index (χ3n) is 4.83. The number of aromatic nitrogens is 3. The molecule has 7 heteroatoms. The summed E-state index contributed by atoms with van der Waals surface area (Å²) in [5, 5.41) is 7.30. The number of rotatable bonds is 5. The van der Waals surface area contributed by atoms with E-state index in [0.29, 0.717) is 33.9 Å². The lowest BCUT2D eigenvalue weighted by molar-refractivity contribution is 0.102. The standard InChI is InChI=1S/C23H23FN4O2/c1-13(2)21-18(12-25-28(21)17-8-5-15(24)6-9-17)22(29)26-16-7-10-20-19(11-16)27-23(30-20)14(3)4/h5-14H,1-4H3,(H,26,29). The monoisotopic (exact) mass is 406 g/mol. The van der Waals surface area contributed by atoms with E-state index in [9.17, 15) is 9.18 Å². The van der Waals surface area contributed by atoms with Gasteiger partial charge in [-0.3, -0.25) is 4.79 Å². The van der Waals surface area contributed by atoms with Gasteiger partial charge in [-0.1, -0.05) is 27.7 Å². The summed E-state index contributed by atoms with van der Waals surface area (Å²) >= 11 is 0. The second kappa shape index (κ2) is 7.74. The Balaban J connectivity index is 1.65. The first kappa shape index (κ1) is 19.8. The normalized spacial score (nSPS) is 11.6. The van der Waals surface area contributed by atoms with E-state index in [-0.39, 0.29) is 23.6 Å². The van der Waals surface area contributed by atoms with E-state index in [4.69, 9.17) is 4.42 Å². The average molecular weight is 406 g/mol. The van der Waals surface area contributed by atoms with Crippen LogP contribution in [0.4, 0.5) is 10.1 Å². The molecule has 2 aromatic carbocycles. The molecule has 0 unspecified atom stereocenters. The van der Waals surface area contributed by atoms with Gasteiger partial charge in [0.1, 0.15) is 11.3 Å². The number of benzene rings is 2. The first-order chi connectivity index (χ1) is 14.3. The fourth-order valence-corrected chi connectivity index (χ4v) is 3.34. The van der Waals surface area contributed by atoms with Crippen LogP contribution in [0.25, 0.3) is 16.8 Å². The average Bonchev–Trinajstić information content (AvgIpc) is 3.33. The summed E-state index contributed by atoms with van der Waals surface area (Å²) in [7, 11) is 0. The molecule has 0 aliphatic rings. The van der Waals surface area contributed by atoms with Gasteiger partial charge in [0.05, 0.1) is 23.1 Å². The van der Waals surface area contributed by atoms with Gasteiger partial charge in [-0.2, -0.15) is 5.10 Å². The molecule has 0 radical (unpaired) electrons. The summed E-state index contributed by atoms with van der Waals surface area (Å²) in [5.41, 5.74) is 3.93. The minimum absolute atomic E-state index is 0.0323. The van der Waals surface area contributed by atoms with Crippen molar-refractivity contribution in [3.63, 3.8) is 0 Å². The minimum Gasteiger partial charge on any atom is -0.440 e. The molecule has 0 aliphatic heterocycles. The molecule has 0 aliphatic carbocycles. The molecule has 1 amide bonds. The first-order valence-electron chi connectivity index (χ1n) is 9.89. The SMILES string of the molecule is CC(C)c1nc2cc(NC(=O)c3cnn(-c4ccc(F)cc4)c3C(C)C)ccc2o1. The van der Waals surface area contributed by atoms with Crippen LogP contribution < -0.4 is 5.32 Å². The molecule has 1 N–H and O–H groups in total. The van der Waals surface area contributed by atoms with Gasteiger partial charge in [-0.25, -0.2) is 14.1 Å². The quantitative estimate of drug-likeness (QED) is 0.465. The number of hydrogen-bond acceptors (Lipinski definition) is 4. The predicted octanol–water partition coefficient (Wildman–Crippen LogP) is 5.65. The van der Waals surface area contributed by atoms with E-state index in [2.05, 4.69) is 15.4 Å². The summed E-state index contributed by atoms with van der Waals surface area (Å²) < 4.78 is 20.7. The number of anilines is 1. The van der Waals surface area contributed by atoms with E-state index in [1.165, 1.54) is 12.1 Å². The second-order valence-electron chi connectivity index (χ2n) is 7.83. The van der Waals surface area contributed by atoms with Crippen LogP contribution in [0.5, 0.6) is 0 Å². The van der Waals surface area contributed by atoms with Gasteiger partial charge in [0, 0.05) is 11.6 Å². The highest BCUT2D eigenvalue weighted by Gasteiger charge is 2.21. The lowest BCUT2D eigenvalue weighted by atomic mass is 10.0. The first-order valence-corrected chi connectivity index (χ1v) is 9.89. The fourth-order valence-electron chi connectivity index (χ4n) is 3.34. The molecule has 0 bridgehead atoms. The van der Waals surface area contributed by atoms with Crippen molar-refractivity contribution in [2.24, 2.45) is 0 Å². The minimum atomic E-state index is -0.321. The highest BCUT2D eigenvalue weighted by atomic mass is 19.1. The smallest absolute Gasteiger partial charge is 0.259 e. The Kier molecular flexibility index (Phi) is 5.11. The molecule has 2 heterocycles. The molecule has 154 valence electrons. The molecule has 0 spiro atoms. The lowest BCUT2D eigenvalue weighted by Crippen LogP contribution is -2.15. The van der Waals surface area contributed by atoms with Crippen LogP contribution in [-0.2, 0) is 0 Å². The highest BCUT2D eigenvalue weighted by molar-refractivity contribution is 6.05. The Hall–Kier alpha value is -3.48. The number of carbonyl (C=O) groups is 1. The zero-order valence-corrected chi connectivity index (χ0v) is 17.3. The van der Waals surface area contributed by atoms with Gasteiger partial charge in [0.15, 0.2) is 11.5 Å². The Morgan fingerprint density at radius 3 is 2.47 bits per heavy atom. The summed E-state index contributed by atoms with van der Waals surface area (Å²) in [6, 6.07) is 11.4. The van der Waals surface area contributed by atoms with Crippen LogP contribution in [0, 0.1) is 5.82 Å². The van der Waals surface area contributed by atoms with Gasteiger partial charge >= 0.3 is 0 Å². The maximum atomic E-state index is 13.3. The van der Waals surface area contributed by atoms with Crippen LogP contribution in [0.2, 0.25) is 0 Å². The second-order valence-corrected chi connectivity index (χ2v) is 7.83. The van der Waals surface area contributed by atoms with Crippen molar-refractivity contribution in [3.05, 3.63) is 71.6 Å². The van der Waals surface area contributed by atoms with Crippen molar-refractivity contribution < 1.29 is 13.6 Å². The molecule has 4 rings (SSSR count). The molecule has 0 saturated carbocycles. The Labute approximate surface area is 173 Å². The largest absolute Gasteiger partial charge is 0.440 e. The fraction of sp³-hybridized carbons (Fsp3) is 0.261. The van der Waals surface area contributed by atoms with Gasteiger partial charge < -0.3 is 9.73 Å². The summed E-state index contributed by atoms with van der Waals surface area (Å²) in [6.07, 6.45) is 1.54. The summed E-state index contributed by atoms with van der Waals surface area (Å²) in [4.78, 5) is 17.5. The molecular formula is C23H23FN4O2. The van der Waals surface area contributed by atoms with Crippen LogP contribution in [0.1, 0.15) is 61.5 Å². The molecule has 6 nitrogen and oxygen atoms in total. The van der Waals surface area contributed by atoms with Crippen LogP contribution in [-0.4, -0.2) is 20.7 Å². The van der Waals surface area contributed by atoms with Gasteiger partial charge in [0.2, 0.25) is 0 Å². The highest BCUT2D eigenvalue weighted by Crippen LogP contribution is 2.26. The number of nitrogens with zero attached hydrogens (tertiary/aromatic N) is 3. The van der Waals surface area contributed by atoms with Crippen molar-refractivity contribution >= 4 is 22.7 Å². The number of hydrogen-bond donors (Lipinski definition) is 1. The zero-order valence-electron chi connectivity index (χ0n) is 17.3. The predicted molar refractivity (Wildman–Crippen MR) is 114 cm³/mol. The summed E-state index contributed by atoms with van der Waals surface area (Å²) in [6.45, 7) is 8.00. The van der Waals surface area contributed by atoms with Crippen LogP contribution in [0.3, 0.4) is 0 Å². The third kappa shape index (κ3) is 3.70. The van der Waals surface area contributed by atoms with Crippen molar-refractivity contribution in [1.29, 1.82) is 0 Å². The number of fused-ring (bicyclic) bond motifs is 1. The van der Waals surface area contributed by atoms with E-state index in [1.807, 2.05) is 27.7 Å². The molecule has 0 saturated heterocycles. The number of oxazole rings is 1. The molecule has 0 fully saturated rings. The Morgan fingerprint density at radius 1 is 1.07 bits per heavy atom. The van der Waals surface area contributed by atoms with Crippen LogP contribution >= 0.6 is 0 Å². The van der Waals surface area contributed by atoms with Crippen molar-refractivity contribution in [2.45, 2.75) is 39.5 Å². The maximum absolute atomic E-state index is 13.3. The van der Waals surface area contributed by atoms with Gasteiger partial charge in [-0.05, 0) is 48.4 Å². The van der Waals surface area contributed by atoms with Gasteiger partial charge in [0.25, 0.3) is 5.91 Å². The van der Waals surface area contributed by atoms with Gasteiger partial charge in [-0.15, -0.1) is 0 Å². The number of carbonyl (C=O) groups excluding carboxylic acids is 1. The number of nitrogens with one attached hydrogen (secondary N) is 1. The van der Waals surface area contributed by atoms with Crippen molar-refractivity contribution in [1.82, 2.24) is 14.8 Å². The zero-order chi connectivity index (χ0) is 21.4. The maximum Gasteiger partial charge on any atom is 0.259 e. The third-order valence-corrected chi connectivity index (χ3v) is 4.83. The molecule has 4 aromatic rings. The number of amides is 1. The molecule has 0 atom stereocenters.